The molecule has 4 aromatic rings. The molecule has 3 unspecified atom stereocenters. The van der Waals surface area contributed by atoms with Crippen molar-refractivity contribution in [3.8, 4) is 5.75 Å². The maximum absolute atomic E-state index is 14.0. The quantitative estimate of drug-likeness (QED) is 0.226. The standard InChI is InChI=1S/C34H34N2O4/c1-22-29(33(38)39-32(24-13-6-3-7-14-24)31(37)23-11-4-2-5-12-23)30-26-21-25-15-10-20-36-19-9-8-18-34(25,36)40-28(26)17-16-27(30)35-22/h2-7,11-14,16-17,25,32,35H,8-10,15,18-21H2,1H3. The SMILES string of the molecule is Cc1[nH]c2ccc3c(c2c1C(=O)OC(C(=O)c1ccccc1)c1ccccc1)CC1CCCN2CCCCC12O3. The van der Waals surface area contributed by atoms with Crippen LogP contribution in [0.3, 0.4) is 0 Å². The molecule has 1 aromatic heterocycles. The molecule has 204 valence electrons. The van der Waals surface area contributed by atoms with Gasteiger partial charge in [-0.2, -0.15) is 0 Å². The zero-order valence-electron chi connectivity index (χ0n) is 22.8. The summed E-state index contributed by atoms with van der Waals surface area (Å²) < 4.78 is 13.0. The first-order valence-corrected chi connectivity index (χ1v) is 14.5. The Balaban J connectivity index is 1.28. The van der Waals surface area contributed by atoms with Crippen LogP contribution >= 0.6 is 0 Å². The normalized spacial score (nSPS) is 22.9. The van der Waals surface area contributed by atoms with Gasteiger partial charge in [0.1, 0.15) is 5.75 Å². The Bertz CT molecular complexity index is 1580. The van der Waals surface area contributed by atoms with E-state index in [1.165, 1.54) is 19.3 Å². The average Bonchev–Trinajstić information content (AvgIpc) is 3.34. The molecule has 6 nitrogen and oxygen atoms in total. The van der Waals surface area contributed by atoms with Crippen LogP contribution in [-0.2, 0) is 11.2 Å². The van der Waals surface area contributed by atoms with E-state index in [9.17, 15) is 9.59 Å². The van der Waals surface area contributed by atoms with Crippen LogP contribution in [0.1, 0.15) is 75.7 Å². The molecule has 40 heavy (non-hydrogen) atoms. The van der Waals surface area contributed by atoms with Crippen LogP contribution in [0, 0.1) is 12.8 Å². The smallest absolute Gasteiger partial charge is 0.341 e. The van der Waals surface area contributed by atoms with Gasteiger partial charge in [-0.15, -0.1) is 0 Å². The molecule has 2 fully saturated rings. The number of esters is 1. The lowest BCUT2D eigenvalue weighted by molar-refractivity contribution is -0.177. The van der Waals surface area contributed by atoms with Gasteiger partial charge >= 0.3 is 5.97 Å². The molecule has 7 rings (SSSR count). The second-order valence-electron chi connectivity index (χ2n) is 11.5. The van der Waals surface area contributed by atoms with Gasteiger partial charge < -0.3 is 14.5 Å². The third-order valence-electron chi connectivity index (χ3n) is 9.15. The van der Waals surface area contributed by atoms with Crippen molar-refractivity contribution in [1.82, 2.24) is 9.88 Å². The number of carbonyl (C=O) groups is 2. The van der Waals surface area contributed by atoms with E-state index in [0.29, 0.717) is 22.6 Å². The number of aromatic amines is 1. The van der Waals surface area contributed by atoms with Crippen molar-refractivity contribution >= 4 is 22.7 Å². The van der Waals surface area contributed by atoms with Crippen LogP contribution in [0.2, 0.25) is 0 Å². The molecule has 4 heterocycles. The number of carbonyl (C=O) groups excluding carboxylic acids is 2. The lowest BCUT2D eigenvalue weighted by atomic mass is 9.74. The van der Waals surface area contributed by atoms with Crippen LogP contribution in [-0.4, -0.2) is 40.5 Å². The number of nitrogens with one attached hydrogen (secondary N) is 1. The number of hydrogen-bond acceptors (Lipinski definition) is 5. The first kappa shape index (κ1) is 25.1. The summed E-state index contributed by atoms with van der Waals surface area (Å²) >= 11 is 0. The molecule has 3 atom stereocenters. The van der Waals surface area contributed by atoms with E-state index in [0.717, 1.165) is 60.3 Å². The maximum Gasteiger partial charge on any atom is 0.341 e. The van der Waals surface area contributed by atoms with Crippen molar-refractivity contribution in [2.45, 2.75) is 57.3 Å². The van der Waals surface area contributed by atoms with Crippen molar-refractivity contribution in [2.75, 3.05) is 13.1 Å². The van der Waals surface area contributed by atoms with E-state index in [1.807, 2.05) is 61.5 Å². The Morgan fingerprint density at radius 3 is 2.52 bits per heavy atom. The van der Waals surface area contributed by atoms with E-state index in [1.54, 1.807) is 12.1 Å². The average molecular weight is 535 g/mol. The van der Waals surface area contributed by atoms with Gasteiger partial charge in [-0.25, -0.2) is 4.79 Å². The number of nitrogens with zero attached hydrogens (tertiary/aromatic N) is 1. The molecule has 1 spiro atoms. The van der Waals surface area contributed by atoms with Crippen molar-refractivity contribution in [3.05, 3.63) is 101 Å². The van der Waals surface area contributed by atoms with Gasteiger partial charge in [0.2, 0.25) is 5.78 Å². The molecule has 0 amide bonds. The summed E-state index contributed by atoms with van der Waals surface area (Å²) in [6, 6.07) is 22.3. The molecular formula is C34H34N2O4. The predicted octanol–water partition coefficient (Wildman–Crippen LogP) is 6.78. The molecule has 3 aliphatic rings. The first-order valence-electron chi connectivity index (χ1n) is 14.5. The number of ether oxygens (including phenoxy) is 2. The fourth-order valence-electron chi connectivity index (χ4n) is 7.29. The van der Waals surface area contributed by atoms with Crippen LogP contribution in [0.5, 0.6) is 5.75 Å². The van der Waals surface area contributed by atoms with Gasteiger partial charge in [-0.05, 0) is 51.2 Å². The third kappa shape index (κ3) is 4.05. The number of ketones is 1. The predicted molar refractivity (Wildman–Crippen MR) is 154 cm³/mol. The summed E-state index contributed by atoms with van der Waals surface area (Å²) in [5.41, 5.74) is 4.11. The number of aryl methyl sites for hydroxylation is 1. The number of benzene rings is 3. The molecule has 0 bridgehead atoms. The number of piperidine rings is 2. The Kier molecular flexibility index (Phi) is 6.23. The lowest BCUT2D eigenvalue weighted by Gasteiger charge is -2.56. The highest BCUT2D eigenvalue weighted by atomic mass is 16.5. The molecule has 0 aliphatic carbocycles. The minimum Gasteiger partial charge on any atom is -0.472 e. The second-order valence-corrected chi connectivity index (χ2v) is 11.5. The molecule has 2 saturated heterocycles. The lowest BCUT2D eigenvalue weighted by Crippen LogP contribution is -2.64. The number of rotatable bonds is 5. The van der Waals surface area contributed by atoms with Gasteiger partial charge in [0.15, 0.2) is 11.8 Å². The van der Waals surface area contributed by atoms with E-state index in [2.05, 4.69) is 16.0 Å². The molecule has 0 saturated carbocycles. The Labute approximate surface area is 234 Å². The summed E-state index contributed by atoms with van der Waals surface area (Å²) in [6.07, 6.45) is 5.57. The fourth-order valence-corrected chi connectivity index (χ4v) is 7.29. The number of fused-ring (bicyclic) bond motifs is 3. The topological polar surface area (TPSA) is 71.6 Å². The largest absolute Gasteiger partial charge is 0.472 e. The molecule has 6 heteroatoms. The van der Waals surface area contributed by atoms with Crippen LogP contribution < -0.4 is 4.74 Å². The highest BCUT2D eigenvalue weighted by Crippen LogP contribution is 2.50. The minimum absolute atomic E-state index is 0.232. The number of aromatic nitrogens is 1. The van der Waals surface area contributed by atoms with Crippen molar-refractivity contribution in [3.63, 3.8) is 0 Å². The molecule has 3 aliphatic heterocycles. The van der Waals surface area contributed by atoms with E-state index in [-0.39, 0.29) is 11.5 Å². The monoisotopic (exact) mass is 534 g/mol. The molecule has 0 radical (unpaired) electrons. The molecule has 1 N–H and O–H groups in total. The summed E-state index contributed by atoms with van der Waals surface area (Å²) in [6.45, 7) is 4.07. The number of hydrogen-bond donors (Lipinski definition) is 1. The van der Waals surface area contributed by atoms with Gasteiger partial charge in [-0.3, -0.25) is 9.69 Å². The minimum atomic E-state index is -1.05. The molecular weight excluding hydrogens is 500 g/mol. The summed E-state index contributed by atoms with van der Waals surface area (Å²) in [5, 5.41) is 0.863. The summed E-state index contributed by atoms with van der Waals surface area (Å²) in [5.74, 6) is 0.504. The van der Waals surface area contributed by atoms with Gasteiger partial charge in [0, 0.05) is 58.7 Å². The summed E-state index contributed by atoms with van der Waals surface area (Å²) in [4.78, 5) is 33.6. The maximum atomic E-state index is 14.0. The zero-order chi connectivity index (χ0) is 27.3. The van der Waals surface area contributed by atoms with E-state index in [4.69, 9.17) is 9.47 Å². The third-order valence-corrected chi connectivity index (χ3v) is 9.15. The summed E-state index contributed by atoms with van der Waals surface area (Å²) in [7, 11) is 0. The highest BCUT2D eigenvalue weighted by Gasteiger charge is 2.52. The Morgan fingerprint density at radius 2 is 1.73 bits per heavy atom. The Morgan fingerprint density at radius 1 is 0.975 bits per heavy atom. The second kappa shape index (κ2) is 9.93. The molecule has 3 aromatic carbocycles. The van der Waals surface area contributed by atoms with Gasteiger partial charge in [0.25, 0.3) is 0 Å². The van der Waals surface area contributed by atoms with E-state index < -0.39 is 12.1 Å². The Hall–Kier alpha value is -3.90. The number of Topliss-reactive ketones (excluding diaryl/α,β-unsaturated/α-hetero) is 1. The van der Waals surface area contributed by atoms with Crippen molar-refractivity contribution in [1.29, 1.82) is 0 Å². The van der Waals surface area contributed by atoms with Crippen molar-refractivity contribution < 1.29 is 19.1 Å². The van der Waals surface area contributed by atoms with E-state index >= 15 is 0 Å². The van der Waals surface area contributed by atoms with Crippen LogP contribution in [0.25, 0.3) is 10.9 Å². The number of H-pyrrole nitrogens is 1. The van der Waals surface area contributed by atoms with Gasteiger partial charge in [0.05, 0.1) is 5.56 Å². The van der Waals surface area contributed by atoms with Crippen LogP contribution in [0.4, 0.5) is 0 Å². The zero-order valence-corrected chi connectivity index (χ0v) is 22.8. The van der Waals surface area contributed by atoms with Gasteiger partial charge in [-0.1, -0.05) is 60.7 Å². The van der Waals surface area contributed by atoms with Crippen LogP contribution in [0.15, 0.2) is 72.8 Å². The first-order chi connectivity index (χ1) is 19.5. The fraction of sp³-hybridized carbons (Fsp3) is 0.353. The van der Waals surface area contributed by atoms with Crippen molar-refractivity contribution in [2.24, 2.45) is 5.92 Å². The highest BCUT2D eigenvalue weighted by molar-refractivity contribution is 6.09.